The Labute approximate surface area is 132 Å². The average molecular weight is 309 g/mol. The van der Waals surface area contributed by atoms with Gasteiger partial charge in [0.25, 0.3) is 0 Å². The van der Waals surface area contributed by atoms with Gasteiger partial charge in [0, 0.05) is 24.9 Å². The molecule has 2 aromatic rings. The molecule has 0 spiro atoms. The number of para-hydroxylation sites is 1. The molecule has 4 nitrogen and oxygen atoms in total. The van der Waals surface area contributed by atoms with Crippen molar-refractivity contribution >= 4 is 25.6 Å². The number of carbonyl (C=O) groups excluding carboxylic acids is 1. The van der Waals surface area contributed by atoms with E-state index in [4.69, 9.17) is 0 Å². The maximum absolute atomic E-state index is 12.1. The molecule has 0 saturated carbocycles. The van der Waals surface area contributed by atoms with E-state index >= 15 is 0 Å². The van der Waals surface area contributed by atoms with Crippen LogP contribution in [0, 0.1) is 11.5 Å². The summed E-state index contributed by atoms with van der Waals surface area (Å²) in [5.74, 6) is 3.43. The lowest BCUT2D eigenvalue weighted by atomic mass is 10.1. The molecule has 112 valence electrons. The first-order chi connectivity index (χ1) is 10.4. The summed E-state index contributed by atoms with van der Waals surface area (Å²) in [4.78, 5) is 22.0. The highest BCUT2D eigenvalue weighted by Crippen LogP contribution is 2.25. The van der Waals surface area contributed by atoms with Crippen LogP contribution in [-0.2, 0) is 4.79 Å². The van der Waals surface area contributed by atoms with Gasteiger partial charge in [-0.05, 0) is 18.2 Å². The van der Waals surface area contributed by atoms with Gasteiger partial charge in [-0.3, -0.25) is 4.79 Å². The first-order valence-corrected chi connectivity index (χ1v) is 10.6. The van der Waals surface area contributed by atoms with Gasteiger partial charge >= 0.3 is 0 Å². The quantitative estimate of drug-likeness (QED) is 0.631. The SMILES string of the molecule is CC(=O)N(c1ncccn1)c1ccccc1C#C[Si](C)(C)C. The fraction of sp³-hybridized carbons (Fsp3) is 0.235. The number of hydrogen-bond donors (Lipinski definition) is 0. The van der Waals surface area contributed by atoms with Crippen molar-refractivity contribution in [2.24, 2.45) is 0 Å². The Kier molecular flexibility index (Phi) is 4.74. The summed E-state index contributed by atoms with van der Waals surface area (Å²) in [5.41, 5.74) is 4.86. The van der Waals surface area contributed by atoms with Crippen molar-refractivity contribution in [1.29, 1.82) is 0 Å². The highest BCUT2D eigenvalue weighted by Gasteiger charge is 2.19. The fourth-order valence-corrected chi connectivity index (χ4v) is 2.36. The number of carbonyl (C=O) groups is 1. The monoisotopic (exact) mass is 309 g/mol. The predicted molar refractivity (Wildman–Crippen MR) is 91.5 cm³/mol. The number of aromatic nitrogens is 2. The Morgan fingerprint density at radius 2 is 1.73 bits per heavy atom. The smallest absolute Gasteiger partial charge is 0.236 e. The lowest BCUT2D eigenvalue weighted by Crippen LogP contribution is -2.25. The number of amides is 1. The minimum atomic E-state index is -1.50. The first-order valence-electron chi connectivity index (χ1n) is 7.08. The molecule has 0 aliphatic carbocycles. The van der Waals surface area contributed by atoms with Crippen molar-refractivity contribution in [1.82, 2.24) is 9.97 Å². The minimum Gasteiger partial charge on any atom is -0.274 e. The van der Waals surface area contributed by atoms with E-state index in [1.165, 1.54) is 11.8 Å². The van der Waals surface area contributed by atoms with Crippen LogP contribution in [0.5, 0.6) is 0 Å². The molecule has 22 heavy (non-hydrogen) atoms. The number of hydrogen-bond acceptors (Lipinski definition) is 3. The summed E-state index contributed by atoms with van der Waals surface area (Å²) in [5, 5.41) is 0. The molecule has 1 amide bonds. The number of nitrogens with zero attached hydrogens (tertiary/aromatic N) is 3. The molecule has 1 heterocycles. The van der Waals surface area contributed by atoms with Crippen LogP contribution in [0.1, 0.15) is 12.5 Å². The summed E-state index contributed by atoms with van der Waals surface area (Å²) >= 11 is 0. The van der Waals surface area contributed by atoms with Crippen LogP contribution in [0.25, 0.3) is 0 Å². The molecule has 0 fully saturated rings. The van der Waals surface area contributed by atoms with E-state index in [9.17, 15) is 4.79 Å². The van der Waals surface area contributed by atoms with Crippen LogP contribution in [0.3, 0.4) is 0 Å². The van der Waals surface area contributed by atoms with Crippen molar-refractivity contribution in [2.75, 3.05) is 4.90 Å². The fourth-order valence-electron chi connectivity index (χ4n) is 1.85. The Hall–Kier alpha value is -2.45. The van der Waals surface area contributed by atoms with Crippen molar-refractivity contribution in [2.45, 2.75) is 26.6 Å². The van der Waals surface area contributed by atoms with Crippen LogP contribution in [0.15, 0.2) is 42.7 Å². The average Bonchev–Trinajstić information content (AvgIpc) is 2.46. The third-order valence-corrected chi connectivity index (χ3v) is 3.66. The molecular weight excluding hydrogens is 290 g/mol. The molecule has 1 aromatic heterocycles. The molecule has 0 unspecified atom stereocenters. The largest absolute Gasteiger partial charge is 0.274 e. The zero-order valence-electron chi connectivity index (χ0n) is 13.3. The van der Waals surface area contributed by atoms with Crippen molar-refractivity contribution < 1.29 is 4.79 Å². The van der Waals surface area contributed by atoms with Gasteiger partial charge in [0.15, 0.2) is 0 Å². The second-order valence-electron chi connectivity index (χ2n) is 5.92. The Balaban J connectivity index is 2.54. The molecule has 0 N–H and O–H groups in total. The van der Waals surface area contributed by atoms with E-state index in [1.54, 1.807) is 18.5 Å². The number of rotatable bonds is 2. The maximum atomic E-state index is 12.1. The van der Waals surface area contributed by atoms with E-state index in [0.29, 0.717) is 11.6 Å². The van der Waals surface area contributed by atoms with Gasteiger partial charge in [0.05, 0.1) is 5.69 Å². The molecule has 0 radical (unpaired) electrons. The second kappa shape index (κ2) is 6.54. The van der Waals surface area contributed by atoms with E-state index in [1.807, 2.05) is 24.3 Å². The van der Waals surface area contributed by atoms with Gasteiger partial charge in [0.2, 0.25) is 11.9 Å². The molecule has 0 bridgehead atoms. The van der Waals surface area contributed by atoms with E-state index < -0.39 is 8.07 Å². The summed E-state index contributed by atoms with van der Waals surface area (Å²) in [7, 11) is -1.50. The molecule has 2 rings (SSSR count). The molecule has 1 aromatic carbocycles. The van der Waals surface area contributed by atoms with Gasteiger partial charge < -0.3 is 0 Å². The third kappa shape index (κ3) is 4.03. The molecular formula is C17H19N3OSi. The topological polar surface area (TPSA) is 46.1 Å². The van der Waals surface area contributed by atoms with Crippen molar-refractivity contribution in [3.8, 4) is 11.5 Å². The van der Waals surface area contributed by atoms with Crippen LogP contribution in [-0.4, -0.2) is 23.9 Å². The Bertz CT molecular complexity index is 727. The molecule has 0 aliphatic rings. The number of anilines is 2. The van der Waals surface area contributed by atoms with E-state index in [-0.39, 0.29) is 5.91 Å². The maximum Gasteiger partial charge on any atom is 0.236 e. The third-order valence-electron chi connectivity index (χ3n) is 2.78. The highest BCUT2D eigenvalue weighted by molar-refractivity contribution is 6.83. The number of benzene rings is 1. The summed E-state index contributed by atoms with van der Waals surface area (Å²) in [6.45, 7) is 8.06. The van der Waals surface area contributed by atoms with Gasteiger partial charge in [-0.15, -0.1) is 5.54 Å². The van der Waals surface area contributed by atoms with Crippen molar-refractivity contribution in [3.05, 3.63) is 48.3 Å². The molecule has 0 atom stereocenters. The highest BCUT2D eigenvalue weighted by atomic mass is 28.3. The lowest BCUT2D eigenvalue weighted by molar-refractivity contribution is -0.115. The van der Waals surface area contributed by atoms with Gasteiger partial charge in [0.1, 0.15) is 8.07 Å². The van der Waals surface area contributed by atoms with E-state index in [2.05, 4.69) is 41.1 Å². The predicted octanol–water partition coefficient (Wildman–Crippen LogP) is 3.39. The summed E-state index contributed by atoms with van der Waals surface area (Å²) in [6.07, 6.45) is 3.24. The van der Waals surface area contributed by atoms with Crippen LogP contribution in [0.2, 0.25) is 19.6 Å². The molecule has 0 saturated heterocycles. The lowest BCUT2D eigenvalue weighted by Gasteiger charge is -2.20. The Morgan fingerprint density at radius 3 is 2.32 bits per heavy atom. The normalized spacial score (nSPS) is 10.5. The first kappa shape index (κ1) is 15.9. The summed E-state index contributed by atoms with van der Waals surface area (Å²) < 4.78 is 0. The van der Waals surface area contributed by atoms with Crippen LogP contribution < -0.4 is 4.90 Å². The Morgan fingerprint density at radius 1 is 1.09 bits per heavy atom. The van der Waals surface area contributed by atoms with Crippen molar-refractivity contribution in [3.63, 3.8) is 0 Å². The van der Waals surface area contributed by atoms with Crippen LogP contribution in [0.4, 0.5) is 11.6 Å². The zero-order valence-corrected chi connectivity index (χ0v) is 14.3. The molecule has 5 heteroatoms. The van der Waals surface area contributed by atoms with Gasteiger partial charge in [-0.1, -0.05) is 37.7 Å². The summed E-state index contributed by atoms with van der Waals surface area (Å²) in [6, 6.07) is 9.31. The van der Waals surface area contributed by atoms with Crippen LogP contribution >= 0.6 is 0 Å². The second-order valence-corrected chi connectivity index (χ2v) is 10.7. The zero-order chi connectivity index (χ0) is 16.2. The minimum absolute atomic E-state index is 0.145. The van der Waals surface area contributed by atoms with E-state index in [0.717, 1.165) is 5.56 Å². The molecule has 0 aliphatic heterocycles. The van der Waals surface area contributed by atoms with Gasteiger partial charge in [-0.25, -0.2) is 14.9 Å². The van der Waals surface area contributed by atoms with Gasteiger partial charge in [-0.2, -0.15) is 0 Å². The standard InChI is InChI=1S/C17H19N3OSi/c1-14(21)20(17-18-11-7-12-19-17)16-9-6-5-8-15(16)10-13-22(2,3)4/h5-9,11-12H,1-4H3.